The highest BCUT2D eigenvalue weighted by molar-refractivity contribution is 5.92. The van der Waals surface area contributed by atoms with E-state index in [0.717, 1.165) is 12.0 Å². The lowest BCUT2D eigenvalue weighted by atomic mass is 10.2. The zero-order valence-electron chi connectivity index (χ0n) is 20.7. The molecule has 0 saturated carbocycles. The lowest BCUT2D eigenvalue weighted by Gasteiger charge is -2.12. The van der Waals surface area contributed by atoms with Crippen molar-refractivity contribution in [3.05, 3.63) is 83.4 Å². The molecule has 0 radical (unpaired) electrons. The van der Waals surface area contributed by atoms with Crippen LogP contribution >= 0.6 is 0 Å². The first-order valence-electron chi connectivity index (χ1n) is 11.7. The standard InChI is InChI=1S/C28H30N2O6/c1-4-15-34-23-12-10-22(11-13-23)28(32)36-25-14-9-21(17-26(25)33-5-2)18-29-30-27(31)19-35-24-8-6-7-20(3)16-24/h6-14,16-18H,4-5,15,19H2,1-3H3,(H,30,31)/b29-18-. The Kier molecular flexibility index (Phi) is 9.88. The van der Waals surface area contributed by atoms with Crippen LogP contribution < -0.4 is 24.4 Å². The van der Waals surface area contributed by atoms with Crippen LogP contribution in [-0.4, -0.2) is 37.9 Å². The minimum atomic E-state index is -0.514. The molecule has 0 aliphatic heterocycles. The van der Waals surface area contributed by atoms with Crippen LogP contribution in [0.4, 0.5) is 0 Å². The topological polar surface area (TPSA) is 95.5 Å². The van der Waals surface area contributed by atoms with Crippen LogP contribution in [0.15, 0.2) is 71.8 Å². The first-order chi connectivity index (χ1) is 17.5. The summed E-state index contributed by atoms with van der Waals surface area (Å²) in [7, 11) is 0. The number of hydrazone groups is 1. The third-order valence-electron chi connectivity index (χ3n) is 4.80. The predicted molar refractivity (Wildman–Crippen MR) is 137 cm³/mol. The number of rotatable bonds is 12. The molecule has 0 unspecified atom stereocenters. The van der Waals surface area contributed by atoms with Gasteiger partial charge < -0.3 is 18.9 Å². The summed E-state index contributed by atoms with van der Waals surface area (Å²) < 4.78 is 22.2. The van der Waals surface area contributed by atoms with Gasteiger partial charge in [0.15, 0.2) is 18.1 Å². The zero-order valence-corrected chi connectivity index (χ0v) is 20.7. The van der Waals surface area contributed by atoms with Gasteiger partial charge in [0, 0.05) is 0 Å². The predicted octanol–water partition coefficient (Wildman–Crippen LogP) is 4.93. The summed E-state index contributed by atoms with van der Waals surface area (Å²) in [6, 6.07) is 19.2. The van der Waals surface area contributed by atoms with E-state index in [1.807, 2.05) is 39.0 Å². The molecule has 0 heterocycles. The van der Waals surface area contributed by atoms with Crippen molar-refractivity contribution in [3.63, 3.8) is 0 Å². The molecule has 0 spiro atoms. The molecule has 0 aliphatic carbocycles. The second kappa shape index (κ2) is 13.5. The average Bonchev–Trinajstić information content (AvgIpc) is 2.88. The van der Waals surface area contributed by atoms with Gasteiger partial charge >= 0.3 is 5.97 Å². The number of esters is 1. The van der Waals surface area contributed by atoms with Gasteiger partial charge in [-0.05, 0) is 86.0 Å². The van der Waals surface area contributed by atoms with Crippen molar-refractivity contribution in [2.45, 2.75) is 27.2 Å². The van der Waals surface area contributed by atoms with Gasteiger partial charge in [0.1, 0.15) is 11.5 Å². The first kappa shape index (κ1) is 26.3. The number of hydrogen-bond donors (Lipinski definition) is 1. The maximum Gasteiger partial charge on any atom is 0.343 e. The Morgan fingerprint density at radius 1 is 0.889 bits per heavy atom. The summed E-state index contributed by atoms with van der Waals surface area (Å²) in [5, 5.41) is 3.96. The minimum Gasteiger partial charge on any atom is -0.494 e. The van der Waals surface area contributed by atoms with E-state index in [1.165, 1.54) is 6.21 Å². The Labute approximate surface area is 210 Å². The highest BCUT2D eigenvalue weighted by atomic mass is 16.6. The molecule has 0 fully saturated rings. The summed E-state index contributed by atoms with van der Waals surface area (Å²) >= 11 is 0. The molecule has 0 aromatic heterocycles. The van der Waals surface area contributed by atoms with Gasteiger partial charge in [0.05, 0.1) is 25.0 Å². The number of amides is 1. The van der Waals surface area contributed by atoms with Crippen molar-refractivity contribution in [1.82, 2.24) is 5.43 Å². The molecule has 1 N–H and O–H groups in total. The van der Waals surface area contributed by atoms with E-state index in [9.17, 15) is 9.59 Å². The highest BCUT2D eigenvalue weighted by Gasteiger charge is 2.13. The molecule has 36 heavy (non-hydrogen) atoms. The number of nitrogens with one attached hydrogen (secondary N) is 1. The minimum absolute atomic E-state index is 0.161. The fraction of sp³-hybridized carbons (Fsp3) is 0.250. The van der Waals surface area contributed by atoms with Gasteiger partial charge in [0.25, 0.3) is 5.91 Å². The largest absolute Gasteiger partial charge is 0.494 e. The lowest BCUT2D eigenvalue weighted by molar-refractivity contribution is -0.123. The molecule has 3 aromatic carbocycles. The number of ether oxygens (including phenoxy) is 4. The molecular formula is C28H30N2O6. The molecule has 0 atom stereocenters. The van der Waals surface area contributed by atoms with E-state index in [4.69, 9.17) is 18.9 Å². The number of nitrogens with zero attached hydrogens (tertiary/aromatic N) is 1. The van der Waals surface area contributed by atoms with E-state index >= 15 is 0 Å². The smallest absolute Gasteiger partial charge is 0.343 e. The summed E-state index contributed by atoms with van der Waals surface area (Å²) in [6.45, 7) is 6.63. The molecule has 188 valence electrons. The fourth-order valence-electron chi connectivity index (χ4n) is 3.09. The number of carbonyl (C=O) groups excluding carboxylic acids is 2. The van der Waals surface area contributed by atoms with Crippen LogP contribution in [0, 0.1) is 6.92 Å². The Hall–Kier alpha value is -4.33. The van der Waals surface area contributed by atoms with Crippen molar-refractivity contribution < 1.29 is 28.5 Å². The Balaban J connectivity index is 1.58. The lowest BCUT2D eigenvalue weighted by Crippen LogP contribution is -2.24. The van der Waals surface area contributed by atoms with Crippen LogP contribution in [0.1, 0.15) is 41.8 Å². The van der Waals surface area contributed by atoms with Gasteiger partial charge in [0.2, 0.25) is 0 Å². The molecular weight excluding hydrogens is 460 g/mol. The number of hydrogen-bond acceptors (Lipinski definition) is 7. The molecule has 8 heteroatoms. The number of aryl methyl sites for hydroxylation is 1. The molecule has 0 saturated heterocycles. The van der Waals surface area contributed by atoms with Crippen molar-refractivity contribution >= 4 is 18.1 Å². The maximum atomic E-state index is 12.6. The number of carbonyl (C=O) groups is 2. The Morgan fingerprint density at radius 3 is 2.42 bits per heavy atom. The molecule has 8 nitrogen and oxygen atoms in total. The van der Waals surface area contributed by atoms with E-state index in [-0.39, 0.29) is 12.4 Å². The van der Waals surface area contributed by atoms with Crippen molar-refractivity contribution in [1.29, 1.82) is 0 Å². The van der Waals surface area contributed by atoms with Gasteiger partial charge in [-0.1, -0.05) is 19.1 Å². The maximum absolute atomic E-state index is 12.6. The van der Waals surface area contributed by atoms with E-state index in [2.05, 4.69) is 10.5 Å². The molecule has 0 bridgehead atoms. The monoisotopic (exact) mass is 490 g/mol. The zero-order chi connectivity index (χ0) is 25.8. The summed E-state index contributed by atoms with van der Waals surface area (Å²) in [5.41, 5.74) is 4.50. The molecule has 0 aliphatic rings. The molecule has 3 rings (SSSR count). The van der Waals surface area contributed by atoms with Crippen LogP contribution in [0.3, 0.4) is 0 Å². The molecule has 1 amide bonds. The van der Waals surface area contributed by atoms with E-state index in [0.29, 0.717) is 41.6 Å². The van der Waals surface area contributed by atoms with Crippen molar-refractivity contribution in [2.24, 2.45) is 5.10 Å². The summed E-state index contributed by atoms with van der Waals surface area (Å²) in [6.07, 6.45) is 2.37. The fourth-order valence-corrected chi connectivity index (χ4v) is 3.09. The van der Waals surface area contributed by atoms with Crippen LogP contribution in [0.25, 0.3) is 0 Å². The van der Waals surface area contributed by atoms with E-state index in [1.54, 1.807) is 48.5 Å². The van der Waals surface area contributed by atoms with Gasteiger partial charge in [-0.2, -0.15) is 5.10 Å². The highest BCUT2D eigenvalue weighted by Crippen LogP contribution is 2.29. The normalized spacial score (nSPS) is 10.6. The summed E-state index contributed by atoms with van der Waals surface area (Å²) in [5.74, 6) is 1.06. The second-order valence-corrected chi connectivity index (χ2v) is 7.80. The van der Waals surface area contributed by atoms with Crippen LogP contribution in [-0.2, 0) is 4.79 Å². The van der Waals surface area contributed by atoms with Crippen LogP contribution in [0.5, 0.6) is 23.0 Å². The third-order valence-corrected chi connectivity index (χ3v) is 4.80. The van der Waals surface area contributed by atoms with E-state index < -0.39 is 11.9 Å². The second-order valence-electron chi connectivity index (χ2n) is 7.80. The Morgan fingerprint density at radius 2 is 1.69 bits per heavy atom. The van der Waals surface area contributed by atoms with Gasteiger partial charge in [-0.3, -0.25) is 4.79 Å². The first-order valence-corrected chi connectivity index (χ1v) is 11.7. The number of benzene rings is 3. The average molecular weight is 491 g/mol. The summed E-state index contributed by atoms with van der Waals surface area (Å²) in [4.78, 5) is 24.6. The van der Waals surface area contributed by atoms with Crippen molar-refractivity contribution in [2.75, 3.05) is 19.8 Å². The molecule has 3 aromatic rings. The quantitative estimate of drug-likeness (QED) is 0.167. The van der Waals surface area contributed by atoms with Crippen molar-refractivity contribution in [3.8, 4) is 23.0 Å². The third kappa shape index (κ3) is 8.16. The SMILES string of the molecule is CCCOc1ccc(C(=O)Oc2ccc(/C=N\NC(=O)COc3cccc(C)c3)cc2OCC)cc1. The van der Waals surface area contributed by atoms with Gasteiger partial charge in [-0.25, -0.2) is 10.2 Å². The van der Waals surface area contributed by atoms with Crippen LogP contribution in [0.2, 0.25) is 0 Å². The van der Waals surface area contributed by atoms with Gasteiger partial charge in [-0.15, -0.1) is 0 Å². The Bertz CT molecular complexity index is 1190.